The first-order chi connectivity index (χ1) is 16.1. The Morgan fingerprint density at radius 3 is 1.94 bits per heavy atom. The van der Waals surface area contributed by atoms with Crippen LogP contribution in [0.4, 0.5) is 0 Å². The molecule has 4 aromatic rings. The van der Waals surface area contributed by atoms with Crippen molar-refractivity contribution in [3.63, 3.8) is 0 Å². The van der Waals surface area contributed by atoms with Crippen LogP contribution in [0.3, 0.4) is 0 Å². The predicted octanol–water partition coefficient (Wildman–Crippen LogP) is 5.83. The number of esters is 2. The molecule has 0 aromatic heterocycles. The molecule has 0 aliphatic heterocycles. The Labute approximate surface area is 193 Å². The van der Waals surface area contributed by atoms with Crippen LogP contribution in [0.25, 0.3) is 27.6 Å². The lowest BCUT2D eigenvalue weighted by atomic mass is 9.84. The molecule has 0 fully saturated rings. The van der Waals surface area contributed by atoms with Gasteiger partial charge in [-0.15, -0.1) is 0 Å². The van der Waals surface area contributed by atoms with Gasteiger partial charge in [-0.05, 0) is 39.1 Å². The van der Waals surface area contributed by atoms with Crippen LogP contribution in [0.1, 0.15) is 11.1 Å². The zero-order valence-corrected chi connectivity index (χ0v) is 18.7. The van der Waals surface area contributed by atoms with Crippen LogP contribution in [0.5, 0.6) is 0 Å². The monoisotopic (exact) mass is 438 g/mol. The highest BCUT2D eigenvalue weighted by Crippen LogP contribution is 2.28. The number of methoxy groups -OCH3 is 2. The third kappa shape index (κ3) is 4.80. The first-order valence-electron chi connectivity index (χ1n) is 10.9. The van der Waals surface area contributed by atoms with E-state index in [9.17, 15) is 9.59 Å². The fourth-order valence-electron chi connectivity index (χ4n) is 4.34. The number of ether oxygens (including phenoxy) is 2. The molecule has 0 aliphatic rings. The van der Waals surface area contributed by atoms with E-state index >= 15 is 0 Å². The average molecular weight is 439 g/mol. The second-order valence-corrected chi connectivity index (χ2v) is 7.96. The van der Waals surface area contributed by atoms with Gasteiger partial charge < -0.3 is 9.47 Å². The number of hydrogen-bond acceptors (Lipinski definition) is 4. The van der Waals surface area contributed by atoms with Gasteiger partial charge >= 0.3 is 11.9 Å². The van der Waals surface area contributed by atoms with Crippen LogP contribution in [-0.2, 0) is 25.5 Å². The summed E-state index contributed by atoms with van der Waals surface area (Å²) in [6.07, 6.45) is 4.40. The van der Waals surface area contributed by atoms with Gasteiger partial charge in [0.05, 0.1) is 14.2 Å². The highest BCUT2D eigenvalue weighted by molar-refractivity contribution is 5.96. The first-order valence-corrected chi connectivity index (χ1v) is 10.9. The molecular formula is C29H26O4. The van der Waals surface area contributed by atoms with Crippen LogP contribution < -0.4 is 0 Å². The van der Waals surface area contributed by atoms with Crippen molar-refractivity contribution >= 4 is 39.6 Å². The summed E-state index contributed by atoms with van der Waals surface area (Å²) in [5.74, 6) is -2.72. The van der Waals surface area contributed by atoms with Crippen molar-refractivity contribution in [2.75, 3.05) is 14.2 Å². The molecule has 0 heterocycles. The Kier molecular flexibility index (Phi) is 6.84. The summed E-state index contributed by atoms with van der Waals surface area (Å²) in [5, 5.41) is 4.44. The van der Waals surface area contributed by atoms with E-state index in [-0.39, 0.29) is 0 Å². The maximum atomic E-state index is 12.7. The number of allylic oxidation sites excluding steroid dienone is 1. The van der Waals surface area contributed by atoms with E-state index in [1.807, 2.05) is 60.7 Å². The summed E-state index contributed by atoms with van der Waals surface area (Å²) in [6, 6.07) is 28.4. The summed E-state index contributed by atoms with van der Waals surface area (Å²) < 4.78 is 9.98. The lowest BCUT2D eigenvalue weighted by Crippen LogP contribution is -2.33. The summed E-state index contributed by atoms with van der Waals surface area (Å²) in [7, 11) is 2.59. The normalized spacial score (nSPS) is 12.3. The Balaban J connectivity index is 1.79. The quantitative estimate of drug-likeness (QED) is 0.269. The largest absolute Gasteiger partial charge is 0.468 e. The van der Waals surface area contributed by atoms with Crippen molar-refractivity contribution in [3.05, 3.63) is 102 Å². The minimum Gasteiger partial charge on any atom is -0.468 e. The molecule has 0 radical (unpaired) electrons. The van der Waals surface area contributed by atoms with Gasteiger partial charge in [0.15, 0.2) is 5.92 Å². The lowest BCUT2D eigenvalue weighted by Gasteiger charge is -2.21. The lowest BCUT2D eigenvalue weighted by molar-refractivity contribution is -0.160. The highest BCUT2D eigenvalue weighted by Gasteiger charge is 2.35. The standard InChI is InChI=1S/C29H26O4/c1-32-28(30)27(29(31)33-2)24(19-23-14-8-12-21-10-4-6-16-26(21)23)18-17-22-13-7-11-20-9-3-5-15-25(20)22/h3-18,24,27H,19H2,1-2H3/b18-17+/t24-/m0/s1. The topological polar surface area (TPSA) is 52.6 Å². The Bertz CT molecular complexity index is 1300. The van der Waals surface area contributed by atoms with Gasteiger partial charge in [-0.2, -0.15) is 0 Å². The number of carbonyl (C=O) groups is 2. The third-order valence-electron chi connectivity index (χ3n) is 6.02. The average Bonchev–Trinajstić information content (AvgIpc) is 2.87. The van der Waals surface area contributed by atoms with Gasteiger partial charge in [-0.1, -0.05) is 97.1 Å². The van der Waals surface area contributed by atoms with Crippen LogP contribution in [0.15, 0.2) is 91.0 Å². The maximum absolute atomic E-state index is 12.7. The van der Waals surface area contributed by atoms with Crippen LogP contribution in [0, 0.1) is 11.8 Å². The van der Waals surface area contributed by atoms with Gasteiger partial charge in [0.25, 0.3) is 0 Å². The minimum atomic E-state index is -1.06. The van der Waals surface area contributed by atoms with Gasteiger partial charge in [0, 0.05) is 5.92 Å². The number of fused-ring (bicyclic) bond motifs is 2. The van der Waals surface area contributed by atoms with Crippen LogP contribution >= 0.6 is 0 Å². The zero-order chi connectivity index (χ0) is 23.2. The van der Waals surface area contributed by atoms with Crippen molar-refractivity contribution in [1.82, 2.24) is 0 Å². The van der Waals surface area contributed by atoms with E-state index in [0.717, 1.165) is 32.7 Å². The first kappa shape index (κ1) is 22.3. The summed E-state index contributed by atoms with van der Waals surface area (Å²) in [4.78, 5) is 25.3. The number of rotatable bonds is 7. The Morgan fingerprint density at radius 1 is 0.727 bits per heavy atom. The number of benzene rings is 4. The molecule has 0 bridgehead atoms. The zero-order valence-electron chi connectivity index (χ0n) is 18.7. The van der Waals surface area contributed by atoms with Crippen molar-refractivity contribution in [2.24, 2.45) is 11.8 Å². The van der Waals surface area contributed by atoms with E-state index in [1.54, 1.807) is 0 Å². The molecule has 4 aromatic carbocycles. The molecule has 1 atom stereocenters. The molecule has 4 heteroatoms. The fourth-order valence-corrected chi connectivity index (χ4v) is 4.34. The molecule has 0 aliphatic carbocycles. The molecule has 0 saturated heterocycles. The summed E-state index contributed by atoms with van der Waals surface area (Å²) in [6.45, 7) is 0. The summed E-state index contributed by atoms with van der Waals surface area (Å²) in [5.41, 5.74) is 2.07. The van der Waals surface area contributed by atoms with Crippen LogP contribution in [-0.4, -0.2) is 26.2 Å². The van der Waals surface area contributed by atoms with Gasteiger partial charge in [-0.25, -0.2) is 0 Å². The van der Waals surface area contributed by atoms with Gasteiger partial charge in [0.2, 0.25) is 0 Å². The second-order valence-electron chi connectivity index (χ2n) is 7.96. The molecule has 33 heavy (non-hydrogen) atoms. The van der Waals surface area contributed by atoms with E-state index in [1.165, 1.54) is 14.2 Å². The van der Waals surface area contributed by atoms with Crippen LogP contribution in [0.2, 0.25) is 0 Å². The Morgan fingerprint density at radius 2 is 1.27 bits per heavy atom. The molecule has 0 unspecified atom stereocenters. The molecule has 4 rings (SSSR count). The van der Waals surface area contributed by atoms with Crippen molar-refractivity contribution in [2.45, 2.75) is 6.42 Å². The van der Waals surface area contributed by atoms with Gasteiger partial charge in [0.1, 0.15) is 0 Å². The molecule has 166 valence electrons. The van der Waals surface area contributed by atoms with E-state index in [2.05, 4.69) is 36.4 Å². The third-order valence-corrected chi connectivity index (χ3v) is 6.02. The molecule has 4 nitrogen and oxygen atoms in total. The Hall–Kier alpha value is -3.92. The van der Waals surface area contributed by atoms with E-state index < -0.39 is 23.8 Å². The van der Waals surface area contributed by atoms with E-state index in [0.29, 0.717) is 6.42 Å². The fraction of sp³-hybridized carbons (Fsp3) is 0.172. The van der Waals surface area contributed by atoms with Crippen molar-refractivity contribution in [3.8, 4) is 0 Å². The summed E-state index contributed by atoms with van der Waals surface area (Å²) >= 11 is 0. The maximum Gasteiger partial charge on any atom is 0.320 e. The van der Waals surface area contributed by atoms with Crippen molar-refractivity contribution in [1.29, 1.82) is 0 Å². The smallest absolute Gasteiger partial charge is 0.320 e. The number of hydrogen-bond donors (Lipinski definition) is 0. The SMILES string of the molecule is COC(=O)C(C(=O)OC)[C@@H](/C=C/c1cccc2ccccc12)Cc1cccc2ccccc12. The second kappa shape index (κ2) is 10.1. The molecule has 0 N–H and O–H groups in total. The van der Waals surface area contributed by atoms with Crippen molar-refractivity contribution < 1.29 is 19.1 Å². The van der Waals surface area contributed by atoms with Gasteiger partial charge in [-0.3, -0.25) is 9.59 Å². The molecular weight excluding hydrogens is 412 g/mol. The molecule has 0 spiro atoms. The molecule has 0 amide bonds. The van der Waals surface area contributed by atoms with E-state index in [4.69, 9.17) is 9.47 Å². The minimum absolute atomic E-state index is 0.449. The predicted molar refractivity (Wildman–Crippen MR) is 132 cm³/mol. The number of carbonyl (C=O) groups excluding carboxylic acids is 2. The molecule has 0 saturated carbocycles. The highest BCUT2D eigenvalue weighted by atomic mass is 16.5.